The van der Waals surface area contributed by atoms with Crippen LogP contribution in [0.1, 0.15) is 46.1 Å². The Morgan fingerprint density at radius 1 is 0.963 bits per heavy atom. The van der Waals surface area contributed by atoms with Crippen molar-refractivity contribution in [2.45, 2.75) is 69.9 Å². The van der Waals surface area contributed by atoms with E-state index in [4.69, 9.17) is 23.5 Å². The van der Waals surface area contributed by atoms with Crippen LogP contribution in [0.15, 0.2) is 30.3 Å². The molecule has 3 rings (SSSR count). The maximum absolute atomic E-state index is 9.76. The molecule has 2 unspecified atom stereocenters. The minimum absolute atomic E-state index is 0.245. The molecule has 2 aliphatic rings. The summed E-state index contributed by atoms with van der Waals surface area (Å²) < 4.78 is 29.1. The number of hydrogen-bond acceptors (Lipinski definition) is 7. The molecule has 8 heteroatoms. The summed E-state index contributed by atoms with van der Waals surface area (Å²) in [6.45, 7) is 8.26. The van der Waals surface area contributed by atoms with Crippen molar-refractivity contribution in [2.24, 2.45) is 0 Å². The lowest BCUT2D eigenvalue weighted by Crippen LogP contribution is -2.38. The molecule has 0 saturated carbocycles. The van der Waals surface area contributed by atoms with E-state index in [0.29, 0.717) is 26.1 Å². The summed E-state index contributed by atoms with van der Waals surface area (Å²) >= 11 is 0. The normalized spacial score (nSPS) is 29.1. The zero-order chi connectivity index (χ0) is 19.7. The average Bonchev–Trinajstić information content (AvgIpc) is 3.08. The van der Waals surface area contributed by atoms with Crippen molar-refractivity contribution in [2.75, 3.05) is 13.2 Å². The second-order valence-electron chi connectivity index (χ2n) is 8.01. The number of ether oxygens (including phenoxy) is 4. The summed E-state index contributed by atoms with van der Waals surface area (Å²) in [5.41, 5.74) is -0.165. The van der Waals surface area contributed by atoms with Crippen LogP contribution in [0.2, 0.25) is 0 Å². The summed E-state index contributed by atoms with van der Waals surface area (Å²) in [5, 5.41) is 0. The summed E-state index contributed by atoms with van der Waals surface area (Å²) in [4.78, 5) is 19.5. The molecule has 0 radical (unpaired) electrons. The van der Waals surface area contributed by atoms with E-state index in [1.165, 1.54) is 0 Å². The van der Waals surface area contributed by atoms with Crippen molar-refractivity contribution in [1.82, 2.24) is 0 Å². The van der Waals surface area contributed by atoms with Crippen molar-refractivity contribution in [3.63, 3.8) is 0 Å². The van der Waals surface area contributed by atoms with Gasteiger partial charge in [0.1, 0.15) is 5.60 Å². The Morgan fingerprint density at radius 3 is 1.81 bits per heavy atom. The Bertz CT molecular complexity index is 592. The molecule has 0 aromatic heterocycles. The van der Waals surface area contributed by atoms with Gasteiger partial charge in [0, 0.05) is 12.8 Å². The van der Waals surface area contributed by atoms with E-state index in [1.54, 1.807) is 0 Å². The molecule has 152 valence electrons. The molecule has 2 N–H and O–H groups in total. The van der Waals surface area contributed by atoms with Gasteiger partial charge in [0.2, 0.25) is 0 Å². The van der Waals surface area contributed by atoms with Gasteiger partial charge in [-0.3, -0.25) is 0 Å². The molecule has 2 fully saturated rings. The van der Waals surface area contributed by atoms with Crippen molar-refractivity contribution in [1.29, 1.82) is 0 Å². The van der Waals surface area contributed by atoms with Crippen LogP contribution in [-0.2, 0) is 29.1 Å². The monoisotopic (exact) mass is 400 g/mol. The Labute approximate surface area is 161 Å². The Hall–Kier alpha value is -0.630. The third kappa shape index (κ3) is 5.46. The van der Waals surface area contributed by atoms with Crippen molar-refractivity contribution in [3.8, 4) is 0 Å². The zero-order valence-electron chi connectivity index (χ0n) is 16.3. The fraction of sp³-hybridized carbons (Fsp3) is 0.684. The molecule has 2 heterocycles. The van der Waals surface area contributed by atoms with Crippen molar-refractivity contribution >= 4 is 8.60 Å². The van der Waals surface area contributed by atoms with E-state index >= 15 is 0 Å². The van der Waals surface area contributed by atoms with E-state index < -0.39 is 25.8 Å². The SMILES string of the molecule is CC1(C)OCC(CC(CC2COC(C)(C)O2)(OP(O)O)c2ccccc2)O1. The summed E-state index contributed by atoms with van der Waals surface area (Å²) in [6, 6.07) is 9.54. The summed E-state index contributed by atoms with van der Waals surface area (Å²) in [6.07, 6.45) is 0.317. The van der Waals surface area contributed by atoms with Gasteiger partial charge in [-0.1, -0.05) is 30.3 Å². The topological polar surface area (TPSA) is 86.6 Å². The molecule has 0 aliphatic carbocycles. The highest BCUT2D eigenvalue weighted by Crippen LogP contribution is 2.47. The van der Waals surface area contributed by atoms with E-state index in [-0.39, 0.29) is 12.2 Å². The first kappa shape index (κ1) is 21.1. The third-order valence-corrected chi connectivity index (χ3v) is 5.32. The number of benzene rings is 1. The van der Waals surface area contributed by atoms with Crippen LogP contribution >= 0.6 is 8.60 Å². The van der Waals surface area contributed by atoms with Gasteiger partial charge in [0.05, 0.1) is 25.4 Å². The van der Waals surface area contributed by atoms with Gasteiger partial charge in [-0.15, -0.1) is 0 Å². The Balaban J connectivity index is 1.89. The third-order valence-electron chi connectivity index (χ3n) is 4.81. The summed E-state index contributed by atoms with van der Waals surface area (Å²) in [5.74, 6) is -1.35. The van der Waals surface area contributed by atoms with E-state index in [1.807, 2.05) is 58.0 Å². The zero-order valence-corrected chi connectivity index (χ0v) is 17.1. The molecule has 27 heavy (non-hydrogen) atoms. The first-order valence-electron chi connectivity index (χ1n) is 9.15. The molecule has 2 aliphatic heterocycles. The lowest BCUT2D eigenvalue weighted by Gasteiger charge is -2.37. The van der Waals surface area contributed by atoms with Crippen LogP contribution in [0, 0.1) is 0 Å². The predicted molar refractivity (Wildman–Crippen MR) is 99.6 cm³/mol. The minimum Gasteiger partial charge on any atom is -0.348 e. The molecular formula is C19H29O7P. The van der Waals surface area contributed by atoms with Gasteiger partial charge >= 0.3 is 8.60 Å². The Morgan fingerprint density at radius 2 is 1.44 bits per heavy atom. The van der Waals surface area contributed by atoms with Gasteiger partial charge < -0.3 is 33.3 Å². The maximum Gasteiger partial charge on any atom is 0.327 e. The van der Waals surface area contributed by atoms with Gasteiger partial charge in [0.15, 0.2) is 11.6 Å². The highest BCUT2D eigenvalue weighted by molar-refractivity contribution is 7.39. The van der Waals surface area contributed by atoms with E-state index in [0.717, 1.165) is 5.56 Å². The molecule has 7 nitrogen and oxygen atoms in total. The van der Waals surface area contributed by atoms with Gasteiger partial charge in [-0.25, -0.2) is 0 Å². The molecule has 2 saturated heterocycles. The quantitative estimate of drug-likeness (QED) is 0.680. The summed E-state index contributed by atoms with van der Waals surface area (Å²) in [7, 11) is -2.59. The van der Waals surface area contributed by atoms with Crippen LogP contribution in [0.5, 0.6) is 0 Å². The van der Waals surface area contributed by atoms with Crippen molar-refractivity contribution in [3.05, 3.63) is 35.9 Å². The van der Waals surface area contributed by atoms with Gasteiger partial charge in [0.25, 0.3) is 0 Å². The van der Waals surface area contributed by atoms with Crippen molar-refractivity contribution < 1.29 is 33.3 Å². The predicted octanol–water partition coefficient (Wildman–Crippen LogP) is 3.19. The number of hydrogen-bond donors (Lipinski definition) is 2. The molecular weight excluding hydrogens is 371 g/mol. The highest BCUT2D eigenvalue weighted by atomic mass is 31.2. The van der Waals surface area contributed by atoms with Crippen LogP contribution in [0.4, 0.5) is 0 Å². The first-order valence-corrected chi connectivity index (χ1v) is 10.3. The van der Waals surface area contributed by atoms with Gasteiger partial charge in [-0.2, -0.15) is 0 Å². The lowest BCUT2D eigenvalue weighted by molar-refractivity contribution is -0.154. The number of rotatable bonds is 7. The Kier molecular flexibility index (Phi) is 6.26. The van der Waals surface area contributed by atoms with Crippen LogP contribution < -0.4 is 0 Å². The molecule has 2 atom stereocenters. The van der Waals surface area contributed by atoms with Gasteiger partial charge in [-0.05, 0) is 33.3 Å². The fourth-order valence-electron chi connectivity index (χ4n) is 3.81. The molecule has 1 aromatic rings. The second-order valence-corrected chi connectivity index (χ2v) is 8.70. The average molecular weight is 400 g/mol. The lowest BCUT2D eigenvalue weighted by atomic mass is 9.83. The molecule has 0 spiro atoms. The fourth-order valence-corrected chi connectivity index (χ4v) is 4.37. The van der Waals surface area contributed by atoms with Crippen LogP contribution in [0.3, 0.4) is 0 Å². The highest BCUT2D eigenvalue weighted by Gasteiger charge is 2.47. The first-order chi connectivity index (χ1) is 12.6. The molecule has 0 bridgehead atoms. The van der Waals surface area contributed by atoms with E-state index in [9.17, 15) is 9.79 Å². The second kappa shape index (κ2) is 8.01. The van der Waals surface area contributed by atoms with Crippen LogP contribution in [-0.4, -0.2) is 46.8 Å². The van der Waals surface area contributed by atoms with Crippen LogP contribution in [0.25, 0.3) is 0 Å². The largest absolute Gasteiger partial charge is 0.348 e. The maximum atomic E-state index is 9.76. The smallest absolute Gasteiger partial charge is 0.327 e. The molecule has 1 aromatic carbocycles. The minimum atomic E-state index is -2.59. The molecule has 0 amide bonds. The van der Waals surface area contributed by atoms with E-state index in [2.05, 4.69) is 0 Å². The standard InChI is InChI=1S/C19H29O7P/c1-17(2)22-12-15(24-17)10-19(26-27(20)21,14-8-6-5-7-9-14)11-16-13-23-18(3,4)25-16/h5-9,15-16,20-21H,10-13H2,1-4H3.